The Morgan fingerprint density at radius 2 is 1.80 bits per heavy atom. The SMILES string of the molecule is CCN(c1ccc(C)cc1)c1cc(OC)ccc1CN. The van der Waals surface area contributed by atoms with Crippen LogP contribution in [0, 0.1) is 6.92 Å². The van der Waals surface area contributed by atoms with E-state index in [1.807, 2.05) is 18.2 Å². The van der Waals surface area contributed by atoms with Gasteiger partial charge < -0.3 is 15.4 Å². The molecule has 0 amide bonds. The maximum absolute atomic E-state index is 5.87. The van der Waals surface area contributed by atoms with Gasteiger partial charge in [0.25, 0.3) is 0 Å². The minimum atomic E-state index is 0.516. The molecule has 2 rings (SSSR count). The maximum Gasteiger partial charge on any atom is 0.120 e. The Morgan fingerprint density at radius 1 is 1.10 bits per heavy atom. The fraction of sp³-hybridized carbons (Fsp3) is 0.294. The number of methoxy groups -OCH3 is 1. The average molecular weight is 270 g/mol. The Bertz CT molecular complexity index is 564. The van der Waals surface area contributed by atoms with Crippen LogP contribution in [0.3, 0.4) is 0 Å². The van der Waals surface area contributed by atoms with E-state index in [0.29, 0.717) is 6.54 Å². The molecule has 0 atom stereocenters. The lowest BCUT2D eigenvalue weighted by Crippen LogP contribution is -2.18. The highest BCUT2D eigenvalue weighted by atomic mass is 16.5. The van der Waals surface area contributed by atoms with Crippen molar-refractivity contribution in [2.75, 3.05) is 18.6 Å². The first-order chi connectivity index (χ1) is 9.69. The summed E-state index contributed by atoms with van der Waals surface area (Å²) in [6.07, 6.45) is 0. The molecule has 3 heteroatoms. The van der Waals surface area contributed by atoms with Gasteiger partial charge in [0.15, 0.2) is 0 Å². The lowest BCUT2D eigenvalue weighted by molar-refractivity contribution is 0.414. The summed E-state index contributed by atoms with van der Waals surface area (Å²) in [5.41, 5.74) is 10.5. The summed E-state index contributed by atoms with van der Waals surface area (Å²) >= 11 is 0. The summed E-state index contributed by atoms with van der Waals surface area (Å²) in [6, 6.07) is 14.6. The summed E-state index contributed by atoms with van der Waals surface area (Å²) in [6.45, 7) is 5.63. The minimum Gasteiger partial charge on any atom is -0.497 e. The van der Waals surface area contributed by atoms with Gasteiger partial charge in [0.2, 0.25) is 0 Å². The molecular weight excluding hydrogens is 248 g/mol. The predicted molar refractivity (Wildman–Crippen MR) is 84.7 cm³/mol. The number of nitrogens with zero attached hydrogens (tertiary/aromatic N) is 1. The van der Waals surface area contributed by atoms with Crippen LogP contribution >= 0.6 is 0 Å². The monoisotopic (exact) mass is 270 g/mol. The molecule has 0 aliphatic rings. The molecule has 2 N–H and O–H groups in total. The number of hydrogen-bond donors (Lipinski definition) is 1. The van der Waals surface area contributed by atoms with Crippen LogP contribution in [0.5, 0.6) is 5.75 Å². The molecule has 0 saturated carbocycles. The first-order valence-corrected chi connectivity index (χ1v) is 6.90. The molecule has 0 saturated heterocycles. The zero-order chi connectivity index (χ0) is 14.5. The molecule has 0 bridgehead atoms. The number of aryl methyl sites for hydroxylation is 1. The van der Waals surface area contributed by atoms with Gasteiger partial charge in [-0.3, -0.25) is 0 Å². The Morgan fingerprint density at radius 3 is 2.35 bits per heavy atom. The van der Waals surface area contributed by atoms with Crippen molar-refractivity contribution in [2.24, 2.45) is 5.73 Å². The number of anilines is 2. The van der Waals surface area contributed by atoms with Crippen LogP contribution in [0.2, 0.25) is 0 Å². The van der Waals surface area contributed by atoms with E-state index in [1.54, 1.807) is 7.11 Å². The molecule has 0 spiro atoms. The molecule has 0 fully saturated rings. The van der Waals surface area contributed by atoms with Crippen LogP contribution in [-0.4, -0.2) is 13.7 Å². The zero-order valence-electron chi connectivity index (χ0n) is 12.4. The highest BCUT2D eigenvalue weighted by Gasteiger charge is 2.12. The zero-order valence-corrected chi connectivity index (χ0v) is 12.4. The Kier molecular flexibility index (Phi) is 4.64. The predicted octanol–water partition coefficient (Wildman–Crippen LogP) is 3.62. The fourth-order valence-corrected chi connectivity index (χ4v) is 2.31. The second kappa shape index (κ2) is 6.44. The van der Waals surface area contributed by atoms with Gasteiger partial charge in [0.1, 0.15) is 5.75 Å². The van der Waals surface area contributed by atoms with Gasteiger partial charge in [-0.25, -0.2) is 0 Å². The van der Waals surface area contributed by atoms with Crippen LogP contribution in [0.1, 0.15) is 18.1 Å². The lowest BCUT2D eigenvalue weighted by Gasteiger charge is -2.26. The lowest BCUT2D eigenvalue weighted by atomic mass is 10.1. The molecule has 20 heavy (non-hydrogen) atoms. The van der Waals surface area contributed by atoms with Crippen LogP contribution in [0.4, 0.5) is 11.4 Å². The van der Waals surface area contributed by atoms with Crippen LogP contribution in [0.25, 0.3) is 0 Å². The summed E-state index contributed by atoms with van der Waals surface area (Å²) < 4.78 is 5.34. The number of hydrogen-bond acceptors (Lipinski definition) is 3. The molecule has 0 aliphatic carbocycles. The van der Waals surface area contributed by atoms with E-state index in [0.717, 1.165) is 23.5 Å². The second-order valence-corrected chi connectivity index (χ2v) is 4.78. The van der Waals surface area contributed by atoms with Gasteiger partial charge in [0.05, 0.1) is 7.11 Å². The van der Waals surface area contributed by atoms with Gasteiger partial charge >= 0.3 is 0 Å². The van der Waals surface area contributed by atoms with Crippen molar-refractivity contribution in [1.82, 2.24) is 0 Å². The Labute approximate surface area is 121 Å². The molecule has 0 unspecified atom stereocenters. The number of nitrogens with two attached hydrogens (primary N) is 1. The average Bonchev–Trinajstić information content (AvgIpc) is 2.49. The van der Waals surface area contributed by atoms with E-state index in [9.17, 15) is 0 Å². The Balaban J connectivity index is 2.47. The summed E-state index contributed by atoms with van der Waals surface area (Å²) in [7, 11) is 1.68. The summed E-state index contributed by atoms with van der Waals surface area (Å²) in [5.74, 6) is 0.850. The van der Waals surface area contributed by atoms with Crippen molar-refractivity contribution in [1.29, 1.82) is 0 Å². The van der Waals surface area contributed by atoms with Gasteiger partial charge in [-0.05, 0) is 37.6 Å². The van der Waals surface area contributed by atoms with E-state index in [1.165, 1.54) is 11.3 Å². The highest BCUT2D eigenvalue weighted by molar-refractivity contribution is 5.68. The van der Waals surface area contributed by atoms with E-state index in [-0.39, 0.29) is 0 Å². The summed E-state index contributed by atoms with van der Waals surface area (Å²) in [5, 5.41) is 0. The third kappa shape index (κ3) is 2.94. The topological polar surface area (TPSA) is 38.5 Å². The molecular formula is C17H22N2O. The molecule has 0 heterocycles. The van der Waals surface area contributed by atoms with Crippen molar-refractivity contribution in [3.8, 4) is 5.75 Å². The second-order valence-electron chi connectivity index (χ2n) is 4.78. The number of rotatable bonds is 5. The molecule has 2 aromatic rings. The smallest absolute Gasteiger partial charge is 0.120 e. The molecule has 3 nitrogen and oxygen atoms in total. The molecule has 0 aliphatic heterocycles. The van der Waals surface area contributed by atoms with E-state index >= 15 is 0 Å². The van der Waals surface area contributed by atoms with Crippen molar-refractivity contribution in [2.45, 2.75) is 20.4 Å². The minimum absolute atomic E-state index is 0.516. The Hall–Kier alpha value is -2.00. The van der Waals surface area contributed by atoms with Crippen molar-refractivity contribution in [3.05, 3.63) is 53.6 Å². The van der Waals surface area contributed by atoms with Crippen LogP contribution in [0.15, 0.2) is 42.5 Å². The maximum atomic E-state index is 5.87. The van der Waals surface area contributed by atoms with Crippen molar-refractivity contribution >= 4 is 11.4 Å². The number of ether oxygens (including phenoxy) is 1. The first-order valence-electron chi connectivity index (χ1n) is 6.90. The van der Waals surface area contributed by atoms with Gasteiger partial charge in [-0.2, -0.15) is 0 Å². The largest absolute Gasteiger partial charge is 0.497 e. The number of benzene rings is 2. The fourth-order valence-electron chi connectivity index (χ4n) is 2.31. The highest BCUT2D eigenvalue weighted by Crippen LogP contribution is 2.31. The standard InChI is InChI=1S/C17H22N2O/c1-4-19(15-8-5-13(2)6-9-15)17-11-16(20-3)10-7-14(17)12-18/h5-11H,4,12,18H2,1-3H3. The van der Waals surface area contributed by atoms with Gasteiger partial charge in [0, 0.05) is 30.5 Å². The third-order valence-electron chi connectivity index (χ3n) is 3.47. The summed E-state index contributed by atoms with van der Waals surface area (Å²) in [4.78, 5) is 2.25. The molecule has 0 radical (unpaired) electrons. The van der Waals surface area contributed by atoms with E-state index in [4.69, 9.17) is 10.5 Å². The molecule has 106 valence electrons. The van der Waals surface area contributed by atoms with Crippen LogP contribution in [-0.2, 0) is 6.54 Å². The molecule has 2 aromatic carbocycles. The van der Waals surface area contributed by atoms with E-state index in [2.05, 4.69) is 43.0 Å². The van der Waals surface area contributed by atoms with Crippen LogP contribution < -0.4 is 15.4 Å². The first kappa shape index (κ1) is 14.4. The van der Waals surface area contributed by atoms with Gasteiger partial charge in [-0.15, -0.1) is 0 Å². The van der Waals surface area contributed by atoms with Gasteiger partial charge in [-0.1, -0.05) is 23.8 Å². The quantitative estimate of drug-likeness (QED) is 0.901. The van der Waals surface area contributed by atoms with Crippen molar-refractivity contribution < 1.29 is 4.74 Å². The third-order valence-corrected chi connectivity index (χ3v) is 3.47. The molecule has 0 aromatic heterocycles. The van der Waals surface area contributed by atoms with E-state index < -0.39 is 0 Å². The normalized spacial score (nSPS) is 10.4. The van der Waals surface area contributed by atoms with Crippen molar-refractivity contribution in [3.63, 3.8) is 0 Å².